The van der Waals surface area contributed by atoms with Crippen molar-refractivity contribution < 1.29 is 22.0 Å². The van der Waals surface area contributed by atoms with Crippen LogP contribution in [-0.4, -0.2) is 31.7 Å². The summed E-state index contributed by atoms with van der Waals surface area (Å²) in [6.45, 7) is 2.10. The van der Waals surface area contributed by atoms with E-state index in [0.29, 0.717) is 24.9 Å². The summed E-state index contributed by atoms with van der Waals surface area (Å²) < 4.78 is 54.4. The fourth-order valence-electron chi connectivity index (χ4n) is 3.33. The van der Waals surface area contributed by atoms with E-state index < -0.39 is 33.6 Å². The summed E-state index contributed by atoms with van der Waals surface area (Å²) in [5.74, 6) is -2.75. The Labute approximate surface area is 177 Å². The Hall–Kier alpha value is -1.84. The fourth-order valence-corrected chi connectivity index (χ4v) is 5.11. The molecular weight excluding hydrogens is 466 g/mol. The predicted molar refractivity (Wildman–Crippen MR) is 109 cm³/mol. The van der Waals surface area contributed by atoms with E-state index in [4.69, 9.17) is 0 Å². The van der Waals surface area contributed by atoms with Crippen molar-refractivity contribution in [3.63, 3.8) is 0 Å². The van der Waals surface area contributed by atoms with Crippen molar-refractivity contribution in [3.05, 3.63) is 64.1 Å². The zero-order chi connectivity index (χ0) is 21.2. The Bertz CT molecular complexity index is 999. The molecule has 29 heavy (non-hydrogen) atoms. The Morgan fingerprint density at radius 2 is 1.86 bits per heavy atom. The molecule has 0 aliphatic carbocycles. The highest BCUT2D eigenvalue weighted by atomic mass is 79.9. The van der Waals surface area contributed by atoms with Crippen LogP contribution in [-0.2, 0) is 14.8 Å². The first kappa shape index (κ1) is 21.9. The van der Waals surface area contributed by atoms with E-state index in [1.807, 2.05) is 0 Å². The number of hydrogen-bond acceptors (Lipinski definition) is 3. The van der Waals surface area contributed by atoms with Gasteiger partial charge < -0.3 is 5.32 Å². The van der Waals surface area contributed by atoms with Gasteiger partial charge >= 0.3 is 0 Å². The van der Waals surface area contributed by atoms with Crippen LogP contribution in [0.1, 0.15) is 31.4 Å². The van der Waals surface area contributed by atoms with Gasteiger partial charge in [0.25, 0.3) is 0 Å². The molecule has 1 amide bonds. The summed E-state index contributed by atoms with van der Waals surface area (Å²) in [5, 5.41) is 2.78. The van der Waals surface area contributed by atoms with Gasteiger partial charge in [0.1, 0.15) is 0 Å². The number of nitrogens with one attached hydrogen (secondary N) is 1. The quantitative estimate of drug-likeness (QED) is 0.694. The number of sulfonamides is 1. The van der Waals surface area contributed by atoms with Crippen molar-refractivity contribution in [2.24, 2.45) is 5.92 Å². The van der Waals surface area contributed by atoms with Gasteiger partial charge in [-0.1, -0.05) is 22.0 Å². The standard InChI is InChI=1S/C20H21BrF2N2O3S/c1-13(14-4-9-18(22)19(23)11-14)24-20(26)15-3-2-10-25(12-15)29(27,28)17-7-5-16(21)6-8-17/h4-9,11,13,15H,2-3,10,12H2,1H3,(H,24,26). The zero-order valence-electron chi connectivity index (χ0n) is 15.7. The van der Waals surface area contributed by atoms with Crippen LogP contribution in [0.15, 0.2) is 51.8 Å². The number of piperidine rings is 1. The molecular formula is C20H21BrF2N2O3S. The highest BCUT2D eigenvalue weighted by Gasteiger charge is 2.33. The summed E-state index contributed by atoms with van der Waals surface area (Å²) in [6.07, 6.45) is 1.12. The molecule has 1 aliphatic rings. The Kier molecular flexibility index (Phi) is 6.70. The number of halogens is 3. The van der Waals surface area contributed by atoms with Crippen LogP contribution in [0.2, 0.25) is 0 Å². The number of nitrogens with zero attached hydrogens (tertiary/aromatic N) is 1. The minimum Gasteiger partial charge on any atom is -0.349 e. The fraction of sp³-hybridized carbons (Fsp3) is 0.350. The van der Waals surface area contributed by atoms with Crippen LogP contribution in [0.4, 0.5) is 8.78 Å². The molecule has 0 saturated carbocycles. The van der Waals surface area contributed by atoms with Crippen LogP contribution in [0.25, 0.3) is 0 Å². The SMILES string of the molecule is CC(NC(=O)C1CCCN(S(=O)(=O)c2ccc(Br)cc2)C1)c1ccc(F)c(F)c1. The maximum absolute atomic E-state index is 13.4. The van der Waals surface area contributed by atoms with Gasteiger partial charge in [-0.25, -0.2) is 17.2 Å². The summed E-state index contributed by atoms with van der Waals surface area (Å²) in [7, 11) is -3.70. The third-order valence-corrected chi connectivity index (χ3v) is 7.42. The first-order valence-electron chi connectivity index (χ1n) is 9.19. The van der Waals surface area contributed by atoms with Gasteiger partial charge in [-0.15, -0.1) is 0 Å². The van der Waals surface area contributed by atoms with Crippen LogP contribution in [0.3, 0.4) is 0 Å². The first-order valence-corrected chi connectivity index (χ1v) is 11.4. The van der Waals surface area contributed by atoms with Crippen molar-refractivity contribution in [1.29, 1.82) is 0 Å². The first-order chi connectivity index (χ1) is 13.7. The van der Waals surface area contributed by atoms with Crippen molar-refractivity contribution in [1.82, 2.24) is 9.62 Å². The minimum atomic E-state index is -3.70. The lowest BCUT2D eigenvalue weighted by Gasteiger charge is -2.32. The molecule has 3 rings (SSSR count). The van der Waals surface area contributed by atoms with Crippen molar-refractivity contribution in [2.45, 2.75) is 30.7 Å². The van der Waals surface area contributed by atoms with Crippen LogP contribution in [0.5, 0.6) is 0 Å². The normalized spacial score (nSPS) is 19.0. The second-order valence-electron chi connectivity index (χ2n) is 7.06. The molecule has 2 aromatic carbocycles. The van der Waals surface area contributed by atoms with Gasteiger partial charge in [0, 0.05) is 17.6 Å². The van der Waals surface area contributed by atoms with E-state index in [-0.39, 0.29) is 17.3 Å². The third-order valence-electron chi connectivity index (χ3n) is 5.01. The third kappa shape index (κ3) is 5.02. The van der Waals surface area contributed by atoms with Crippen LogP contribution < -0.4 is 5.32 Å². The number of rotatable bonds is 5. The maximum Gasteiger partial charge on any atom is 0.243 e. The van der Waals surface area contributed by atoms with Crippen molar-refractivity contribution >= 4 is 31.9 Å². The Balaban J connectivity index is 1.68. The summed E-state index contributed by atoms with van der Waals surface area (Å²) in [6, 6.07) is 9.30. The van der Waals surface area contributed by atoms with Gasteiger partial charge in [-0.3, -0.25) is 4.79 Å². The molecule has 2 unspecified atom stereocenters. The van der Waals surface area contributed by atoms with Gasteiger partial charge in [0.2, 0.25) is 15.9 Å². The predicted octanol–water partition coefficient (Wildman–Crippen LogP) is 4.01. The zero-order valence-corrected chi connectivity index (χ0v) is 18.1. The van der Waals surface area contributed by atoms with E-state index in [2.05, 4.69) is 21.2 Å². The Morgan fingerprint density at radius 3 is 2.52 bits per heavy atom. The monoisotopic (exact) mass is 486 g/mol. The van der Waals surface area contributed by atoms with Gasteiger partial charge in [0.15, 0.2) is 11.6 Å². The van der Waals surface area contributed by atoms with Gasteiger partial charge in [0.05, 0.1) is 16.9 Å². The minimum absolute atomic E-state index is 0.0781. The lowest BCUT2D eigenvalue weighted by atomic mass is 9.98. The summed E-state index contributed by atoms with van der Waals surface area (Å²) in [4.78, 5) is 12.9. The highest BCUT2D eigenvalue weighted by molar-refractivity contribution is 9.10. The molecule has 1 saturated heterocycles. The van der Waals surface area contributed by atoms with Gasteiger partial charge in [-0.2, -0.15) is 4.31 Å². The lowest BCUT2D eigenvalue weighted by Crippen LogP contribution is -2.45. The molecule has 9 heteroatoms. The van der Waals surface area contributed by atoms with Crippen LogP contribution >= 0.6 is 15.9 Å². The lowest BCUT2D eigenvalue weighted by molar-refractivity contribution is -0.126. The molecule has 1 N–H and O–H groups in total. The molecule has 1 fully saturated rings. The van der Waals surface area contributed by atoms with E-state index in [1.54, 1.807) is 19.1 Å². The molecule has 0 aromatic heterocycles. The molecule has 156 valence electrons. The molecule has 0 radical (unpaired) electrons. The summed E-state index contributed by atoms with van der Waals surface area (Å²) in [5.41, 5.74) is 0.437. The smallest absolute Gasteiger partial charge is 0.243 e. The molecule has 2 atom stereocenters. The topological polar surface area (TPSA) is 66.5 Å². The molecule has 2 aromatic rings. The number of benzene rings is 2. The van der Waals surface area contributed by atoms with E-state index in [1.165, 1.54) is 22.5 Å². The maximum atomic E-state index is 13.4. The largest absolute Gasteiger partial charge is 0.349 e. The second-order valence-corrected chi connectivity index (χ2v) is 9.91. The molecule has 1 aliphatic heterocycles. The van der Waals surface area contributed by atoms with Crippen LogP contribution in [0, 0.1) is 17.6 Å². The number of carbonyl (C=O) groups excluding carboxylic acids is 1. The second kappa shape index (κ2) is 8.89. The molecule has 0 bridgehead atoms. The van der Waals surface area contributed by atoms with E-state index >= 15 is 0 Å². The van der Waals surface area contributed by atoms with Crippen molar-refractivity contribution in [2.75, 3.05) is 13.1 Å². The summed E-state index contributed by atoms with van der Waals surface area (Å²) >= 11 is 3.28. The number of carbonyl (C=O) groups is 1. The van der Waals surface area contributed by atoms with Gasteiger partial charge in [-0.05, 0) is 61.7 Å². The molecule has 5 nitrogen and oxygen atoms in total. The van der Waals surface area contributed by atoms with E-state index in [9.17, 15) is 22.0 Å². The highest BCUT2D eigenvalue weighted by Crippen LogP contribution is 2.26. The number of hydrogen-bond donors (Lipinski definition) is 1. The Morgan fingerprint density at radius 1 is 1.17 bits per heavy atom. The molecule has 0 spiro atoms. The van der Waals surface area contributed by atoms with Crippen molar-refractivity contribution in [3.8, 4) is 0 Å². The number of amides is 1. The average molecular weight is 487 g/mol. The molecule has 1 heterocycles. The van der Waals surface area contributed by atoms with E-state index in [0.717, 1.165) is 16.6 Å². The average Bonchev–Trinajstić information content (AvgIpc) is 2.70.